The zero-order valence-electron chi connectivity index (χ0n) is 8.46. The van der Waals surface area contributed by atoms with Crippen LogP contribution >= 0.6 is 27.3 Å². The van der Waals surface area contributed by atoms with Crippen LogP contribution in [0.25, 0.3) is 0 Å². The van der Waals surface area contributed by atoms with E-state index in [1.54, 1.807) is 12.1 Å². The van der Waals surface area contributed by atoms with Crippen molar-refractivity contribution in [2.75, 3.05) is 0 Å². The highest BCUT2D eigenvalue weighted by Crippen LogP contribution is 2.24. The maximum atomic E-state index is 13.1. The molecule has 1 nitrogen and oxygen atoms in total. The summed E-state index contributed by atoms with van der Waals surface area (Å²) in [5.74, 6) is -0.551. The normalized spacial score (nSPS) is 10.4. The number of hydrogen-bond donors (Lipinski definition) is 0. The highest BCUT2D eigenvalue weighted by molar-refractivity contribution is 9.10. The van der Waals surface area contributed by atoms with Crippen LogP contribution in [0.4, 0.5) is 4.39 Å². The Morgan fingerprint density at radius 1 is 1.31 bits per heavy atom. The third-order valence-corrected chi connectivity index (χ3v) is 3.81. The summed E-state index contributed by atoms with van der Waals surface area (Å²) in [5, 5.41) is 1.86. The molecular weight excluding hydrogens is 291 g/mol. The van der Waals surface area contributed by atoms with E-state index in [4.69, 9.17) is 0 Å². The van der Waals surface area contributed by atoms with Gasteiger partial charge in [-0.1, -0.05) is 15.9 Å². The molecule has 0 aliphatic rings. The molecule has 1 aromatic heterocycles. The van der Waals surface area contributed by atoms with Gasteiger partial charge in [-0.05, 0) is 36.6 Å². The van der Waals surface area contributed by atoms with Gasteiger partial charge in [0, 0.05) is 20.5 Å². The number of carbonyl (C=O) groups excluding carboxylic acids is 1. The van der Waals surface area contributed by atoms with Gasteiger partial charge in [0.05, 0.1) is 0 Å². The van der Waals surface area contributed by atoms with E-state index in [2.05, 4.69) is 15.9 Å². The van der Waals surface area contributed by atoms with Gasteiger partial charge >= 0.3 is 0 Å². The van der Waals surface area contributed by atoms with Gasteiger partial charge in [0.1, 0.15) is 5.82 Å². The lowest BCUT2D eigenvalue weighted by Gasteiger charge is -2.03. The summed E-state index contributed by atoms with van der Waals surface area (Å²) in [6.45, 7) is 1.88. The molecule has 2 rings (SSSR count). The van der Waals surface area contributed by atoms with E-state index in [0.29, 0.717) is 15.6 Å². The first-order valence-electron chi connectivity index (χ1n) is 4.63. The zero-order valence-corrected chi connectivity index (χ0v) is 10.9. The largest absolute Gasteiger partial charge is 0.289 e. The molecule has 1 heterocycles. The van der Waals surface area contributed by atoms with Crippen LogP contribution in [-0.4, -0.2) is 5.78 Å². The summed E-state index contributed by atoms with van der Waals surface area (Å²) in [4.78, 5) is 13.1. The molecule has 82 valence electrons. The van der Waals surface area contributed by atoms with E-state index in [0.717, 1.165) is 4.88 Å². The average Bonchev–Trinajstić information content (AvgIpc) is 2.67. The Hall–Kier alpha value is -1.00. The maximum absolute atomic E-state index is 13.1. The topological polar surface area (TPSA) is 17.1 Å². The quantitative estimate of drug-likeness (QED) is 0.760. The Balaban J connectivity index is 2.49. The fourth-order valence-corrected chi connectivity index (χ4v) is 2.56. The number of ketones is 1. The predicted molar refractivity (Wildman–Crippen MR) is 66.6 cm³/mol. The summed E-state index contributed by atoms with van der Waals surface area (Å²) < 4.78 is 13.7. The van der Waals surface area contributed by atoms with Crippen LogP contribution < -0.4 is 0 Å². The van der Waals surface area contributed by atoms with E-state index < -0.39 is 5.82 Å². The molecule has 0 atom stereocenters. The average molecular weight is 299 g/mol. The van der Waals surface area contributed by atoms with Crippen molar-refractivity contribution in [1.82, 2.24) is 0 Å². The second-order valence-corrected chi connectivity index (χ2v) is 5.32. The van der Waals surface area contributed by atoms with Gasteiger partial charge < -0.3 is 0 Å². The minimum atomic E-state index is -0.403. The molecule has 16 heavy (non-hydrogen) atoms. The Kier molecular flexibility index (Phi) is 3.21. The second-order valence-electron chi connectivity index (χ2n) is 3.34. The first-order chi connectivity index (χ1) is 7.59. The smallest absolute Gasteiger partial charge is 0.195 e. The Morgan fingerprint density at radius 3 is 2.69 bits per heavy atom. The van der Waals surface area contributed by atoms with Gasteiger partial charge in [-0.2, -0.15) is 0 Å². The van der Waals surface area contributed by atoms with Gasteiger partial charge in [-0.15, -0.1) is 11.3 Å². The summed E-state index contributed by atoms with van der Waals surface area (Å²) in [6.07, 6.45) is 0. The number of benzene rings is 1. The van der Waals surface area contributed by atoms with Crippen LogP contribution in [0.2, 0.25) is 0 Å². The van der Waals surface area contributed by atoms with Crippen LogP contribution in [0.5, 0.6) is 0 Å². The summed E-state index contributed by atoms with van der Waals surface area (Å²) >= 11 is 4.76. The van der Waals surface area contributed by atoms with Crippen molar-refractivity contribution in [2.45, 2.75) is 6.92 Å². The lowest BCUT2D eigenvalue weighted by Crippen LogP contribution is -2.03. The monoisotopic (exact) mass is 298 g/mol. The third kappa shape index (κ3) is 2.08. The van der Waals surface area contributed by atoms with Crippen molar-refractivity contribution in [1.29, 1.82) is 0 Å². The molecule has 0 saturated carbocycles. The van der Waals surface area contributed by atoms with Crippen LogP contribution in [0, 0.1) is 12.7 Å². The predicted octanol–water partition coefficient (Wildman–Crippen LogP) is 4.19. The summed E-state index contributed by atoms with van der Waals surface area (Å²) in [6, 6.07) is 5.88. The van der Waals surface area contributed by atoms with Crippen molar-refractivity contribution in [2.24, 2.45) is 0 Å². The lowest BCUT2D eigenvalue weighted by atomic mass is 10.0. The number of carbonyl (C=O) groups is 1. The van der Waals surface area contributed by atoms with E-state index >= 15 is 0 Å². The van der Waals surface area contributed by atoms with E-state index in [1.165, 1.54) is 23.5 Å². The molecule has 0 aliphatic heterocycles. The molecule has 2 aromatic rings. The highest BCUT2D eigenvalue weighted by Gasteiger charge is 2.16. The van der Waals surface area contributed by atoms with Crippen molar-refractivity contribution in [3.8, 4) is 0 Å². The molecule has 1 aromatic carbocycles. The first kappa shape index (κ1) is 11.5. The van der Waals surface area contributed by atoms with Gasteiger partial charge in [0.25, 0.3) is 0 Å². The van der Waals surface area contributed by atoms with Crippen molar-refractivity contribution in [3.05, 3.63) is 55.9 Å². The van der Waals surface area contributed by atoms with E-state index in [-0.39, 0.29) is 5.78 Å². The number of rotatable bonds is 2. The maximum Gasteiger partial charge on any atom is 0.195 e. The van der Waals surface area contributed by atoms with Gasteiger partial charge in [-0.25, -0.2) is 4.39 Å². The lowest BCUT2D eigenvalue weighted by molar-refractivity contribution is 0.103. The SMILES string of the molecule is Cc1sccc1C(=O)c1cc(F)ccc1Br. The molecule has 0 spiro atoms. The summed E-state index contributed by atoms with van der Waals surface area (Å²) in [5.41, 5.74) is 0.998. The second kappa shape index (κ2) is 4.47. The van der Waals surface area contributed by atoms with Crippen molar-refractivity contribution >= 4 is 33.0 Å². The molecule has 0 N–H and O–H groups in total. The molecule has 0 unspecified atom stereocenters. The fraction of sp³-hybridized carbons (Fsp3) is 0.0833. The third-order valence-electron chi connectivity index (χ3n) is 2.28. The number of aryl methyl sites for hydroxylation is 1. The standard InChI is InChI=1S/C12H8BrFOS/c1-7-9(4-5-16-7)12(15)10-6-8(14)2-3-11(10)13/h2-6H,1H3. The molecule has 0 fully saturated rings. The summed E-state index contributed by atoms with van der Waals surface area (Å²) in [7, 11) is 0. The van der Waals surface area contributed by atoms with Gasteiger partial charge in [-0.3, -0.25) is 4.79 Å². The number of halogens is 2. The molecule has 0 amide bonds. The van der Waals surface area contributed by atoms with Crippen LogP contribution in [0.1, 0.15) is 20.8 Å². The fourth-order valence-electron chi connectivity index (χ4n) is 1.44. The van der Waals surface area contributed by atoms with Crippen LogP contribution in [-0.2, 0) is 0 Å². The molecule has 0 aliphatic carbocycles. The minimum Gasteiger partial charge on any atom is -0.289 e. The molecule has 0 radical (unpaired) electrons. The van der Waals surface area contributed by atoms with Gasteiger partial charge in [0.15, 0.2) is 5.78 Å². The van der Waals surface area contributed by atoms with Crippen LogP contribution in [0.15, 0.2) is 34.1 Å². The molecule has 0 bridgehead atoms. The zero-order chi connectivity index (χ0) is 11.7. The Morgan fingerprint density at radius 2 is 2.06 bits per heavy atom. The van der Waals surface area contributed by atoms with E-state index in [1.807, 2.05) is 12.3 Å². The number of thiophene rings is 1. The van der Waals surface area contributed by atoms with E-state index in [9.17, 15) is 9.18 Å². The molecule has 4 heteroatoms. The van der Waals surface area contributed by atoms with Crippen molar-refractivity contribution < 1.29 is 9.18 Å². The Bertz CT molecular complexity index is 548. The Labute approximate surface area is 105 Å². The van der Waals surface area contributed by atoms with Gasteiger partial charge in [0.2, 0.25) is 0 Å². The highest BCUT2D eigenvalue weighted by atomic mass is 79.9. The van der Waals surface area contributed by atoms with Crippen LogP contribution in [0.3, 0.4) is 0 Å². The molecule has 0 saturated heterocycles. The molecular formula is C12H8BrFOS. The number of hydrogen-bond acceptors (Lipinski definition) is 2. The minimum absolute atomic E-state index is 0.148. The first-order valence-corrected chi connectivity index (χ1v) is 6.30. The van der Waals surface area contributed by atoms with Crippen molar-refractivity contribution in [3.63, 3.8) is 0 Å².